The molecule has 0 spiro atoms. The molecule has 2 heterocycles. The highest BCUT2D eigenvalue weighted by molar-refractivity contribution is 14.0. The van der Waals surface area contributed by atoms with Gasteiger partial charge in [-0.2, -0.15) is 18.3 Å². The van der Waals surface area contributed by atoms with Crippen molar-refractivity contribution in [2.24, 2.45) is 17.8 Å². The van der Waals surface area contributed by atoms with Gasteiger partial charge < -0.3 is 20.5 Å². The predicted molar refractivity (Wildman–Crippen MR) is 105 cm³/mol. The summed E-state index contributed by atoms with van der Waals surface area (Å²) in [4.78, 5) is 3.97. The standard InChI is InChI=1S/C16H18F3N5O2.HI/c1-24-9-10(14(23-24)16(17,18)19)8-21-15(20)22-11-3-4-12-13(7-11)26-6-2-5-25-12;/h3-4,7,9H,2,5-6,8H2,1H3,(H3,20,21,22);1H. The molecule has 1 aliphatic heterocycles. The van der Waals surface area contributed by atoms with Gasteiger partial charge in [0.2, 0.25) is 0 Å². The molecule has 2 aromatic rings. The number of hydrogen-bond acceptors (Lipinski definition) is 4. The van der Waals surface area contributed by atoms with E-state index in [1.807, 2.05) is 0 Å². The Balaban J connectivity index is 0.00000261. The van der Waals surface area contributed by atoms with Crippen molar-refractivity contribution in [2.45, 2.75) is 19.1 Å². The summed E-state index contributed by atoms with van der Waals surface area (Å²) in [5.74, 6) is 1.19. The molecule has 0 fully saturated rings. The van der Waals surface area contributed by atoms with Gasteiger partial charge in [0.25, 0.3) is 0 Å². The lowest BCUT2D eigenvalue weighted by molar-refractivity contribution is -0.142. The molecule has 3 N–H and O–H groups in total. The first-order valence-corrected chi connectivity index (χ1v) is 7.89. The second-order valence-electron chi connectivity index (χ2n) is 5.71. The third-order valence-electron chi connectivity index (χ3n) is 3.61. The molecule has 0 bridgehead atoms. The Labute approximate surface area is 170 Å². The van der Waals surface area contributed by atoms with Crippen LogP contribution in [0.1, 0.15) is 17.7 Å². The molecular weight excluding hydrogens is 478 g/mol. The summed E-state index contributed by atoms with van der Waals surface area (Å²) in [6.07, 6.45) is -2.48. The van der Waals surface area contributed by atoms with E-state index in [1.165, 1.54) is 13.2 Å². The summed E-state index contributed by atoms with van der Waals surface area (Å²) >= 11 is 0. The number of anilines is 1. The third-order valence-corrected chi connectivity index (χ3v) is 3.61. The highest BCUT2D eigenvalue weighted by Gasteiger charge is 2.36. The Morgan fingerprint density at radius 2 is 2.00 bits per heavy atom. The summed E-state index contributed by atoms with van der Waals surface area (Å²) in [6.45, 7) is 0.878. The van der Waals surface area contributed by atoms with E-state index in [0.717, 1.165) is 11.1 Å². The van der Waals surface area contributed by atoms with Crippen LogP contribution in [0.2, 0.25) is 0 Å². The molecule has 3 rings (SSSR count). The van der Waals surface area contributed by atoms with Crippen LogP contribution >= 0.6 is 24.0 Å². The molecule has 1 aromatic carbocycles. The van der Waals surface area contributed by atoms with Crippen LogP contribution in [0.3, 0.4) is 0 Å². The van der Waals surface area contributed by atoms with Crippen molar-refractivity contribution in [1.29, 1.82) is 0 Å². The third kappa shape index (κ3) is 5.40. The van der Waals surface area contributed by atoms with Crippen molar-refractivity contribution >= 4 is 35.6 Å². The molecule has 0 aliphatic carbocycles. The van der Waals surface area contributed by atoms with Gasteiger partial charge in [0, 0.05) is 37.0 Å². The highest BCUT2D eigenvalue weighted by Crippen LogP contribution is 2.32. The summed E-state index contributed by atoms with van der Waals surface area (Å²) in [5, 5.41) is 6.26. The maximum atomic E-state index is 12.9. The monoisotopic (exact) mass is 497 g/mol. The van der Waals surface area contributed by atoms with E-state index in [-0.39, 0.29) is 42.0 Å². The van der Waals surface area contributed by atoms with Gasteiger partial charge in [-0.1, -0.05) is 0 Å². The summed E-state index contributed by atoms with van der Waals surface area (Å²) in [5.41, 5.74) is 5.36. The van der Waals surface area contributed by atoms with Gasteiger partial charge in [0.1, 0.15) is 0 Å². The molecular formula is C16H19F3IN5O2. The second kappa shape index (κ2) is 8.67. The normalized spacial score (nSPS) is 14.3. The number of alkyl halides is 3. The zero-order valence-electron chi connectivity index (χ0n) is 14.4. The average Bonchev–Trinajstić information content (AvgIpc) is 2.80. The smallest absolute Gasteiger partial charge is 0.435 e. The first-order valence-electron chi connectivity index (χ1n) is 7.89. The topological polar surface area (TPSA) is 86.7 Å². The van der Waals surface area contributed by atoms with Gasteiger partial charge in [-0.3, -0.25) is 4.68 Å². The van der Waals surface area contributed by atoms with E-state index < -0.39 is 11.9 Å². The number of hydrogen-bond donors (Lipinski definition) is 2. The number of aryl methyl sites for hydroxylation is 1. The Kier molecular flexibility index (Phi) is 6.78. The lowest BCUT2D eigenvalue weighted by atomic mass is 10.2. The minimum Gasteiger partial charge on any atom is -0.490 e. The van der Waals surface area contributed by atoms with Crippen LogP contribution in [0, 0.1) is 0 Å². The fourth-order valence-electron chi connectivity index (χ4n) is 2.49. The zero-order valence-corrected chi connectivity index (χ0v) is 16.7. The molecule has 0 atom stereocenters. The van der Waals surface area contributed by atoms with Crippen LogP contribution in [0.4, 0.5) is 18.9 Å². The number of aliphatic imine (C=N–C) groups is 1. The molecule has 0 saturated heterocycles. The summed E-state index contributed by atoms with van der Waals surface area (Å²) < 4.78 is 51.0. The lowest BCUT2D eigenvalue weighted by Gasteiger charge is -2.11. The number of nitrogens with one attached hydrogen (secondary N) is 1. The van der Waals surface area contributed by atoms with Gasteiger partial charge in [0.05, 0.1) is 19.8 Å². The van der Waals surface area contributed by atoms with Crippen molar-refractivity contribution in [1.82, 2.24) is 9.78 Å². The van der Waals surface area contributed by atoms with Gasteiger partial charge in [0.15, 0.2) is 23.2 Å². The quantitative estimate of drug-likeness (QED) is 0.387. The second-order valence-corrected chi connectivity index (χ2v) is 5.71. The van der Waals surface area contributed by atoms with Crippen molar-refractivity contribution in [3.05, 3.63) is 35.7 Å². The largest absolute Gasteiger partial charge is 0.490 e. The number of ether oxygens (including phenoxy) is 2. The molecule has 1 aliphatic rings. The van der Waals surface area contributed by atoms with Crippen molar-refractivity contribution in [3.63, 3.8) is 0 Å². The number of nitrogens with zero attached hydrogens (tertiary/aromatic N) is 3. The average molecular weight is 497 g/mol. The van der Waals surface area contributed by atoms with Gasteiger partial charge in [-0.05, 0) is 12.1 Å². The lowest BCUT2D eigenvalue weighted by Crippen LogP contribution is -2.22. The van der Waals surface area contributed by atoms with Crippen LogP contribution in [-0.4, -0.2) is 29.0 Å². The van der Waals surface area contributed by atoms with Crippen LogP contribution in [0.15, 0.2) is 29.4 Å². The maximum absolute atomic E-state index is 12.9. The fraction of sp³-hybridized carbons (Fsp3) is 0.375. The van der Waals surface area contributed by atoms with E-state index in [0.29, 0.717) is 30.4 Å². The van der Waals surface area contributed by atoms with E-state index in [9.17, 15) is 13.2 Å². The van der Waals surface area contributed by atoms with E-state index in [2.05, 4.69) is 15.4 Å². The fourth-order valence-corrected chi connectivity index (χ4v) is 2.49. The number of halogens is 4. The van der Waals surface area contributed by atoms with Crippen molar-refractivity contribution in [2.75, 3.05) is 18.5 Å². The number of benzene rings is 1. The maximum Gasteiger partial charge on any atom is 0.435 e. The van der Waals surface area contributed by atoms with Crippen LogP contribution in [-0.2, 0) is 19.8 Å². The molecule has 1 aromatic heterocycles. The number of guanidine groups is 1. The molecule has 0 unspecified atom stereocenters. The van der Waals surface area contributed by atoms with E-state index in [1.54, 1.807) is 18.2 Å². The molecule has 0 saturated carbocycles. The Morgan fingerprint density at radius 1 is 1.30 bits per heavy atom. The van der Waals surface area contributed by atoms with Crippen LogP contribution in [0.5, 0.6) is 11.5 Å². The molecule has 0 amide bonds. The minimum absolute atomic E-state index is 0. The Hall–Kier alpha value is -2.18. The van der Waals surface area contributed by atoms with Gasteiger partial charge in [-0.15, -0.1) is 24.0 Å². The molecule has 7 nitrogen and oxygen atoms in total. The SMILES string of the molecule is Cn1cc(CN=C(N)Nc2ccc3c(c2)OCCCO3)c(C(F)(F)F)n1.I. The molecule has 0 radical (unpaired) electrons. The van der Waals surface area contributed by atoms with Crippen molar-refractivity contribution in [3.8, 4) is 11.5 Å². The first-order chi connectivity index (χ1) is 12.3. The van der Waals surface area contributed by atoms with E-state index >= 15 is 0 Å². The molecule has 27 heavy (non-hydrogen) atoms. The predicted octanol–water partition coefficient (Wildman–Crippen LogP) is 3.15. The first kappa shape index (κ1) is 21.1. The zero-order chi connectivity index (χ0) is 18.7. The Morgan fingerprint density at radius 3 is 2.70 bits per heavy atom. The van der Waals surface area contributed by atoms with Crippen molar-refractivity contribution < 1.29 is 22.6 Å². The van der Waals surface area contributed by atoms with Crippen LogP contribution in [0.25, 0.3) is 0 Å². The molecule has 11 heteroatoms. The number of rotatable bonds is 3. The number of fused-ring (bicyclic) bond motifs is 1. The van der Waals surface area contributed by atoms with Gasteiger partial charge >= 0.3 is 6.18 Å². The summed E-state index contributed by atoms with van der Waals surface area (Å²) in [6, 6.07) is 5.16. The molecule has 148 valence electrons. The number of nitrogens with two attached hydrogens (primary N) is 1. The van der Waals surface area contributed by atoms with E-state index in [4.69, 9.17) is 15.2 Å². The number of aromatic nitrogens is 2. The van der Waals surface area contributed by atoms with Gasteiger partial charge in [-0.25, -0.2) is 4.99 Å². The van der Waals surface area contributed by atoms with Crippen LogP contribution < -0.4 is 20.5 Å². The summed E-state index contributed by atoms with van der Waals surface area (Å²) in [7, 11) is 1.42. The Bertz CT molecular complexity index is 823. The highest BCUT2D eigenvalue weighted by atomic mass is 127. The minimum atomic E-state index is -4.54.